The van der Waals surface area contributed by atoms with Crippen LogP contribution in [0.1, 0.15) is 35.9 Å². The van der Waals surface area contributed by atoms with Gasteiger partial charge in [0.25, 0.3) is 5.91 Å². The number of aromatic nitrogens is 1. The number of carbonyl (C=O) groups excluding carboxylic acids is 1. The van der Waals surface area contributed by atoms with E-state index < -0.39 is 0 Å². The van der Waals surface area contributed by atoms with Crippen LogP contribution in [0.4, 0.5) is 0 Å². The quantitative estimate of drug-likeness (QED) is 0.887. The summed E-state index contributed by atoms with van der Waals surface area (Å²) >= 11 is 0. The van der Waals surface area contributed by atoms with Gasteiger partial charge in [-0.3, -0.25) is 9.69 Å². The molecule has 1 aliphatic heterocycles. The van der Waals surface area contributed by atoms with Crippen molar-refractivity contribution in [3.05, 3.63) is 29.6 Å². The average Bonchev–Trinajstić information content (AvgIpc) is 2.52. The fourth-order valence-electron chi connectivity index (χ4n) is 2.90. The zero-order chi connectivity index (χ0) is 15.2. The first-order valence-electron chi connectivity index (χ1n) is 7.82. The molecule has 1 unspecified atom stereocenters. The molecule has 5 heteroatoms. The van der Waals surface area contributed by atoms with E-state index in [2.05, 4.69) is 16.8 Å². The van der Waals surface area contributed by atoms with E-state index in [-0.39, 0.29) is 5.91 Å². The summed E-state index contributed by atoms with van der Waals surface area (Å²) in [6.45, 7) is 8.11. The van der Waals surface area contributed by atoms with Crippen LogP contribution >= 0.6 is 0 Å². The summed E-state index contributed by atoms with van der Waals surface area (Å²) in [5, 5.41) is 0. The molecule has 21 heavy (non-hydrogen) atoms. The molecule has 2 N–H and O–H groups in total. The van der Waals surface area contributed by atoms with Crippen LogP contribution in [0.2, 0.25) is 0 Å². The van der Waals surface area contributed by atoms with Crippen LogP contribution in [0.15, 0.2) is 18.2 Å². The molecule has 5 nitrogen and oxygen atoms in total. The fraction of sp³-hybridized carbons (Fsp3) is 0.625. The zero-order valence-corrected chi connectivity index (χ0v) is 13.1. The molecule has 1 saturated heterocycles. The first-order chi connectivity index (χ1) is 10.2. The summed E-state index contributed by atoms with van der Waals surface area (Å²) in [6.07, 6.45) is 2.28. The molecule has 1 amide bonds. The maximum Gasteiger partial charge on any atom is 0.272 e. The first kappa shape index (κ1) is 15.9. The highest BCUT2D eigenvalue weighted by molar-refractivity contribution is 5.92. The molecule has 1 atom stereocenters. The molecule has 0 bridgehead atoms. The Morgan fingerprint density at radius 2 is 2.05 bits per heavy atom. The van der Waals surface area contributed by atoms with Crippen LogP contribution in [-0.2, 0) is 0 Å². The molecule has 0 saturated carbocycles. The van der Waals surface area contributed by atoms with Crippen molar-refractivity contribution in [1.82, 2.24) is 14.8 Å². The summed E-state index contributed by atoms with van der Waals surface area (Å²) in [4.78, 5) is 21.1. The van der Waals surface area contributed by atoms with Crippen molar-refractivity contribution in [2.24, 2.45) is 5.73 Å². The monoisotopic (exact) mass is 290 g/mol. The number of nitrogens with zero attached hydrogens (tertiary/aromatic N) is 3. The zero-order valence-electron chi connectivity index (χ0n) is 13.1. The molecule has 1 aliphatic rings. The standard InChI is InChI=1S/C16H26N4O/c1-3-5-14(12-17)19-8-10-20(11-9-19)16(21)15-7-4-6-13(2)18-15/h4,6-7,14H,3,5,8-12,17H2,1-2H3. The van der Waals surface area contributed by atoms with E-state index in [0.29, 0.717) is 18.3 Å². The molecule has 0 radical (unpaired) electrons. The van der Waals surface area contributed by atoms with Gasteiger partial charge in [-0.15, -0.1) is 0 Å². The number of hydrogen-bond donors (Lipinski definition) is 1. The number of rotatable bonds is 5. The van der Waals surface area contributed by atoms with Gasteiger partial charge < -0.3 is 10.6 Å². The Kier molecular flexibility index (Phi) is 5.70. The largest absolute Gasteiger partial charge is 0.335 e. The molecule has 2 rings (SSSR count). The van der Waals surface area contributed by atoms with E-state index >= 15 is 0 Å². The summed E-state index contributed by atoms with van der Waals surface area (Å²) < 4.78 is 0. The van der Waals surface area contributed by atoms with Gasteiger partial charge >= 0.3 is 0 Å². The second-order valence-electron chi connectivity index (χ2n) is 5.67. The lowest BCUT2D eigenvalue weighted by atomic mass is 10.1. The Balaban J connectivity index is 1.93. The Bertz CT molecular complexity index is 469. The van der Waals surface area contributed by atoms with Gasteiger partial charge in [-0.25, -0.2) is 4.98 Å². The highest BCUT2D eigenvalue weighted by atomic mass is 16.2. The number of carbonyl (C=O) groups is 1. The molecule has 116 valence electrons. The predicted molar refractivity (Wildman–Crippen MR) is 84.2 cm³/mol. The minimum atomic E-state index is 0.0399. The first-order valence-corrected chi connectivity index (χ1v) is 7.82. The second-order valence-corrected chi connectivity index (χ2v) is 5.67. The molecule has 0 spiro atoms. The van der Waals surface area contributed by atoms with Crippen LogP contribution < -0.4 is 5.73 Å². The minimum absolute atomic E-state index is 0.0399. The Morgan fingerprint density at radius 1 is 1.33 bits per heavy atom. The molecule has 1 aromatic heterocycles. The van der Waals surface area contributed by atoms with Gasteiger partial charge in [0.1, 0.15) is 5.69 Å². The van der Waals surface area contributed by atoms with Gasteiger partial charge in [0.2, 0.25) is 0 Å². The van der Waals surface area contributed by atoms with Crippen LogP contribution in [-0.4, -0.2) is 59.5 Å². The number of amides is 1. The van der Waals surface area contributed by atoms with E-state index in [0.717, 1.165) is 44.7 Å². The Hall–Kier alpha value is -1.46. The number of pyridine rings is 1. The predicted octanol–water partition coefficient (Wildman–Crippen LogP) is 1.28. The lowest BCUT2D eigenvalue weighted by Gasteiger charge is -2.38. The van der Waals surface area contributed by atoms with Gasteiger partial charge in [0, 0.05) is 44.5 Å². The van der Waals surface area contributed by atoms with Crippen molar-refractivity contribution in [2.75, 3.05) is 32.7 Å². The normalized spacial score (nSPS) is 17.8. The SMILES string of the molecule is CCCC(CN)N1CCN(C(=O)c2cccc(C)n2)CC1. The lowest BCUT2D eigenvalue weighted by molar-refractivity contribution is 0.0560. The molecule has 1 fully saturated rings. The molecule has 1 aromatic rings. The van der Waals surface area contributed by atoms with E-state index in [1.54, 1.807) is 6.07 Å². The number of aryl methyl sites for hydroxylation is 1. The highest BCUT2D eigenvalue weighted by Crippen LogP contribution is 2.12. The number of nitrogens with two attached hydrogens (primary N) is 1. The summed E-state index contributed by atoms with van der Waals surface area (Å²) in [6, 6.07) is 6.04. The van der Waals surface area contributed by atoms with E-state index in [1.165, 1.54) is 0 Å². The smallest absolute Gasteiger partial charge is 0.272 e. The van der Waals surface area contributed by atoms with Crippen LogP contribution in [0.3, 0.4) is 0 Å². The Labute approximate surface area is 127 Å². The van der Waals surface area contributed by atoms with Crippen molar-refractivity contribution in [3.8, 4) is 0 Å². The third-order valence-corrected chi connectivity index (χ3v) is 4.12. The van der Waals surface area contributed by atoms with Crippen molar-refractivity contribution < 1.29 is 4.79 Å². The van der Waals surface area contributed by atoms with Gasteiger partial charge in [0.05, 0.1) is 0 Å². The van der Waals surface area contributed by atoms with Crippen LogP contribution in [0.25, 0.3) is 0 Å². The van der Waals surface area contributed by atoms with Crippen LogP contribution in [0.5, 0.6) is 0 Å². The molecule has 0 aliphatic carbocycles. The third-order valence-electron chi connectivity index (χ3n) is 4.12. The third kappa shape index (κ3) is 4.02. The minimum Gasteiger partial charge on any atom is -0.335 e. The van der Waals surface area contributed by atoms with Gasteiger partial charge in [-0.05, 0) is 25.5 Å². The maximum atomic E-state index is 12.4. The van der Waals surface area contributed by atoms with Crippen molar-refractivity contribution >= 4 is 5.91 Å². The van der Waals surface area contributed by atoms with Crippen molar-refractivity contribution in [1.29, 1.82) is 0 Å². The second kappa shape index (κ2) is 7.52. The molecular formula is C16H26N4O. The summed E-state index contributed by atoms with van der Waals surface area (Å²) in [5.74, 6) is 0.0399. The van der Waals surface area contributed by atoms with E-state index in [1.807, 2.05) is 24.0 Å². The van der Waals surface area contributed by atoms with Crippen molar-refractivity contribution in [3.63, 3.8) is 0 Å². The Morgan fingerprint density at radius 3 is 2.62 bits per heavy atom. The number of hydrogen-bond acceptors (Lipinski definition) is 4. The highest BCUT2D eigenvalue weighted by Gasteiger charge is 2.26. The number of piperazine rings is 1. The molecule has 2 heterocycles. The molecule has 0 aromatic carbocycles. The van der Waals surface area contributed by atoms with Gasteiger partial charge in [-0.2, -0.15) is 0 Å². The van der Waals surface area contributed by atoms with Gasteiger partial charge in [-0.1, -0.05) is 19.4 Å². The lowest BCUT2D eigenvalue weighted by Crippen LogP contribution is -2.53. The summed E-state index contributed by atoms with van der Waals surface area (Å²) in [5.41, 5.74) is 7.29. The van der Waals surface area contributed by atoms with Crippen molar-refractivity contribution in [2.45, 2.75) is 32.7 Å². The van der Waals surface area contributed by atoms with E-state index in [9.17, 15) is 4.79 Å². The van der Waals surface area contributed by atoms with E-state index in [4.69, 9.17) is 5.73 Å². The maximum absolute atomic E-state index is 12.4. The van der Waals surface area contributed by atoms with Gasteiger partial charge in [0.15, 0.2) is 0 Å². The fourth-order valence-corrected chi connectivity index (χ4v) is 2.90. The summed E-state index contributed by atoms with van der Waals surface area (Å²) in [7, 11) is 0. The average molecular weight is 290 g/mol. The van der Waals surface area contributed by atoms with Crippen LogP contribution in [0, 0.1) is 6.92 Å². The molecular weight excluding hydrogens is 264 g/mol. The topological polar surface area (TPSA) is 62.5 Å².